The second kappa shape index (κ2) is 10.7. The third kappa shape index (κ3) is 5.84. The van der Waals surface area contributed by atoms with E-state index in [0.717, 1.165) is 42.7 Å². The van der Waals surface area contributed by atoms with Crippen molar-refractivity contribution >= 4 is 57.3 Å². The van der Waals surface area contributed by atoms with E-state index in [0.29, 0.717) is 27.9 Å². The lowest BCUT2D eigenvalue weighted by Crippen LogP contribution is -2.38. The highest BCUT2D eigenvalue weighted by Gasteiger charge is 2.23. The van der Waals surface area contributed by atoms with Crippen LogP contribution in [0, 0.1) is 11.7 Å². The van der Waals surface area contributed by atoms with Crippen molar-refractivity contribution in [1.82, 2.24) is 9.47 Å². The number of amides is 1. The van der Waals surface area contributed by atoms with Crippen LogP contribution in [0.3, 0.4) is 0 Å². The summed E-state index contributed by atoms with van der Waals surface area (Å²) < 4.78 is 16.2. The van der Waals surface area contributed by atoms with E-state index < -0.39 is 0 Å². The van der Waals surface area contributed by atoms with Gasteiger partial charge < -0.3 is 4.57 Å². The molecular weight excluding hydrogens is 472 g/mol. The van der Waals surface area contributed by atoms with Crippen LogP contribution in [0.5, 0.6) is 0 Å². The molecule has 1 amide bonds. The van der Waals surface area contributed by atoms with Gasteiger partial charge in [0.25, 0.3) is 0 Å². The van der Waals surface area contributed by atoms with Crippen molar-refractivity contribution in [3.63, 3.8) is 0 Å². The SMILES string of the molecule is CC(=O)N=c1sc2cc(Cl)ccc2n1CC1CCN(CC(=O)c2ccc(F)cc2)CC1.Cl. The molecule has 1 aliphatic rings. The van der Waals surface area contributed by atoms with E-state index in [1.165, 1.54) is 42.5 Å². The topological polar surface area (TPSA) is 54.7 Å². The zero-order valence-electron chi connectivity index (χ0n) is 17.6. The number of hydrogen-bond acceptors (Lipinski definition) is 4. The minimum absolute atomic E-state index is 0. The molecule has 0 unspecified atom stereocenters. The number of aromatic nitrogens is 1. The van der Waals surface area contributed by atoms with Crippen LogP contribution in [-0.2, 0) is 11.3 Å². The summed E-state index contributed by atoms with van der Waals surface area (Å²) in [5.41, 5.74) is 1.57. The van der Waals surface area contributed by atoms with Gasteiger partial charge in [-0.05, 0) is 74.3 Å². The van der Waals surface area contributed by atoms with E-state index in [-0.39, 0.29) is 29.9 Å². The smallest absolute Gasteiger partial charge is 0.245 e. The van der Waals surface area contributed by atoms with Crippen LogP contribution in [-0.4, -0.2) is 40.8 Å². The maximum Gasteiger partial charge on any atom is 0.245 e. The quantitative estimate of drug-likeness (QED) is 0.470. The standard InChI is InChI=1S/C23H23ClFN3O2S.ClH/c1-15(29)26-23-28(20-7-4-18(24)12-22(20)31-23)13-16-8-10-27(11-9-16)14-21(30)17-2-5-19(25)6-3-17;/h2-7,12,16H,8-11,13-14H2,1H3;1H. The van der Waals surface area contributed by atoms with Crippen LogP contribution in [0.2, 0.25) is 5.02 Å². The number of fused-ring (bicyclic) bond motifs is 1. The van der Waals surface area contributed by atoms with Crippen molar-refractivity contribution in [2.45, 2.75) is 26.3 Å². The molecule has 0 aliphatic carbocycles. The first-order valence-electron chi connectivity index (χ1n) is 10.2. The summed E-state index contributed by atoms with van der Waals surface area (Å²) in [6.45, 7) is 4.22. The predicted octanol–water partition coefficient (Wildman–Crippen LogP) is 4.96. The van der Waals surface area contributed by atoms with Gasteiger partial charge in [-0.15, -0.1) is 12.4 Å². The van der Waals surface area contributed by atoms with Gasteiger partial charge in [-0.2, -0.15) is 4.99 Å². The molecule has 5 nitrogen and oxygen atoms in total. The fraction of sp³-hybridized carbons (Fsp3) is 0.348. The Morgan fingerprint density at radius 1 is 1.16 bits per heavy atom. The van der Waals surface area contributed by atoms with Crippen LogP contribution in [0.4, 0.5) is 4.39 Å². The van der Waals surface area contributed by atoms with Crippen LogP contribution in [0.25, 0.3) is 10.2 Å². The van der Waals surface area contributed by atoms with Crippen molar-refractivity contribution in [2.75, 3.05) is 19.6 Å². The number of nitrogens with zero attached hydrogens (tertiary/aromatic N) is 3. The molecule has 1 aromatic heterocycles. The third-order valence-electron chi connectivity index (χ3n) is 5.58. The molecule has 1 saturated heterocycles. The van der Waals surface area contributed by atoms with Crippen molar-refractivity contribution < 1.29 is 14.0 Å². The minimum Gasteiger partial charge on any atom is -0.316 e. The number of rotatable bonds is 5. The highest BCUT2D eigenvalue weighted by atomic mass is 35.5. The normalized spacial score (nSPS) is 15.7. The van der Waals surface area contributed by atoms with Crippen molar-refractivity contribution in [3.8, 4) is 0 Å². The molecule has 0 atom stereocenters. The van der Waals surface area contributed by atoms with Crippen molar-refractivity contribution in [1.29, 1.82) is 0 Å². The largest absolute Gasteiger partial charge is 0.316 e. The minimum atomic E-state index is -0.339. The maximum atomic E-state index is 13.1. The number of hydrogen-bond donors (Lipinski definition) is 0. The van der Waals surface area contributed by atoms with Gasteiger partial charge in [-0.1, -0.05) is 22.9 Å². The number of benzene rings is 2. The molecule has 1 aliphatic heterocycles. The fourth-order valence-electron chi connectivity index (χ4n) is 3.96. The number of ketones is 1. The number of Topliss-reactive ketones (excluding diaryl/α,β-unsaturated/α-hetero) is 1. The molecule has 170 valence electrons. The van der Waals surface area contributed by atoms with E-state index in [2.05, 4.69) is 14.5 Å². The second-order valence-corrected chi connectivity index (χ2v) is 9.33. The van der Waals surface area contributed by atoms with Gasteiger partial charge in [0.2, 0.25) is 5.91 Å². The Morgan fingerprint density at radius 2 is 1.84 bits per heavy atom. The molecular formula is C23H24Cl2FN3O2S. The Hall–Kier alpha value is -2.06. The van der Waals surface area contributed by atoms with Crippen LogP contribution in [0.1, 0.15) is 30.1 Å². The van der Waals surface area contributed by atoms with Gasteiger partial charge in [0.15, 0.2) is 10.6 Å². The van der Waals surface area contributed by atoms with Crippen LogP contribution >= 0.6 is 35.3 Å². The van der Waals surface area contributed by atoms with Gasteiger partial charge >= 0.3 is 0 Å². The first-order valence-corrected chi connectivity index (χ1v) is 11.4. The molecule has 1 fully saturated rings. The molecule has 0 bridgehead atoms. The summed E-state index contributed by atoms with van der Waals surface area (Å²) in [6.07, 6.45) is 1.91. The number of thiazole rings is 1. The first-order chi connectivity index (χ1) is 14.9. The highest BCUT2D eigenvalue weighted by Crippen LogP contribution is 2.25. The molecule has 2 heterocycles. The van der Waals surface area contributed by atoms with Crippen molar-refractivity contribution in [2.24, 2.45) is 10.9 Å². The van der Waals surface area contributed by atoms with E-state index in [1.54, 1.807) is 0 Å². The fourth-order valence-corrected chi connectivity index (χ4v) is 5.32. The number of halogens is 3. The molecule has 0 radical (unpaired) electrons. The summed E-state index contributed by atoms with van der Waals surface area (Å²) in [7, 11) is 0. The van der Waals surface area contributed by atoms with Gasteiger partial charge in [0.1, 0.15) is 5.82 Å². The van der Waals surface area contributed by atoms with Gasteiger partial charge in [-0.3, -0.25) is 14.5 Å². The zero-order valence-corrected chi connectivity index (χ0v) is 20.0. The van der Waals surface area contributed by atoms with Crippen molar-refractivity contribution in [3.05, 3.63) is 63.7 Å². The summed E-state index contributed by atoms with van der Waals surface area (Å²) >= 11 is 7.61. The molecule has 0 spiro atoms. The lowest BCUT2D eigenvalue weighted by molar-refractivity contribution is -0.116. The van der Waals surface area contributed by atoms with Gasteiger partial charge in [0, 0.05) is 24.1 Å². The number of likely N-dealkylation sites (tertiary alicyclic amines) is 1. The van der Waals surface area contributed by atoms with E-state index in [9.17, 15) is 14.0 Å². The van der Waals surface area contributed by atoms with E-state index >= 15 is 0 Å². The summed E-state index contributed by atoms with van der Waals surface area (Å²) in [5, 5.41) is 0.661. The Balaban J connectivity index is 0.00000289. The number of piperidine rings is 1. The lowest BCUT2D eigenvalue weighted by atomic mass is 9.96. The Bertz CT molecular complexity index is 1180. The van der Waals surface area contributed by atoms with E-state index in [1.807, 2.05) is 18.2 Å². The number of carbonyl (C=O) groups excluding carboxylic acids is 2. The average molecular weight is 496 g/mol. The molecule has 3 aromatic rings. The van der Waals surface area contributed by atoms with Gasteiger partial charge in [0.05, 0.1) is 16.8 Å². The Labute approximate surface area is 200 Å². The summed E-state index contributed by atoms with van der Waals surface area (Å²) in [6, 6.07) is 11.4. The Morgan fingerprint density at radius 3 is 2.50 bits per heavy atom. The molecule has 0 N–H and O–H groups in total. The monoisotopic (exact) mass is 495 g/mol. The maximum absolute atomic E-state index is 13.1. The summed E-state index contributed by atoms with van der Waals surface area (Å²) in [4.78, 5) is 31.1. The van der Waals surface area contributed by atoms with Crippen LogP contribution in [0.15, 0.2) is 47.5 Å². The molecule has 0 saturated carbocycles. The lowest BCUT2D eigenvalue weighted by Gasteiger charge is -2.31. The molecule has 2 aromatic carbocycles. The highest BCUT2D eigenvalue weighted by molar-refractivity contribution is 7.16. The predicted molar refractivity (Wildman–Crippen MR) is 128 cm³/mol. The van der Waals surface area contributed by atoms with Gasteiger partial charge in [-0.25, -0.2) is 4.39 Å². The van der Waals surface area contributed by atoms with Crippen LogP contribution < -0.4 is 4.80 Å². The molecule has 4 rings (SSSR count). The second-order valence-electron chi connectivity index (χ2n) is 7.89. The third-order valence-corrected chi connectivity index (χ3v) is 6.86. The zero-order chi connectivity index (χ0) is 22.0. The molecule has 32 heavy (non-hydrogen) atoms. The molecule has 9 heteroatoms. The average Bonchev–Trinajstić information content (AvgIpc) is 3.05. The van der Waals surface area contributed by atoms with E-state index in [4.69, 9.17) is 11.6 Å². The first kappa shape index (κ1) is 24.6. The Kier molecular flexibility index (Phi) is 8.22. The summed E-state index contributed by atoms with van der Waals surface area (Å²) in [5.74, 6) is -0.123. The number of carbonyl (C=O) groups is 2.